The third-order valence-corrected chi connectivity index (χ3v) is 11.9. The standard InChI is InChI=1S/C40H38Cl2F2N4O4/c1-51-37-26(20-48-21-40(22-48)15-13-34(50)47-40)10-11-31(45-37)30-7-3-6-29(36(30)42)28-5-2-4-27(35(28)41)24-8-9-25(32(17-24)52-38(43)44)16-23-18-39(19-23)14-12-33(49)46-39/h2-11,17,23,38H,12-16,18-22H2,1H3,(H,46,49)(H,47,50). The zero-order chi connectivity index (χ0) is 36.2. The number of halogens is 4. The third kappa shape index (κ3) is 6.61. The van der Waals surface area contributed by atoms with Gasteiger partial charge in [-0.05, 0) is 61.3 Å². The molecule has 1 aliphatic carbocycles. The molecule has 4 heterocycles. The maximum atomic E-state index is 13.6. The molecule has 2 spiro atoms. The third-order valence-electron chi connectivity index (χ3n) is 11.1. The van der Waals surface area contributed by atoms with Gasteiger partial charge in [-0.25, -0.2) is 4.98 Å². The molecule has 0 atom stereocenters. The Labute approximate surface area is 310 Å². The SMILES string of the molecule is COc1nc(-c2cccc(-c3cccc(-c4ccc(CC5CC6(CCC(=O)N6)C5)c(OC(F)F)c4)c3Cl)c2Cl)ccc1CN1CC2(CCC(=O)N2)C1. The number of hydrogen-bond donors (Lipinski definition) is 2. The molecule has 2 amide bonds. The highest BCUT2D eigenvalue weighted by Gasteiger charge is 2.49. The van der Waals surface area contributed by atoms with Gasteiger partial charge < -0.3 is 20.1 Å². The van der Waals surface area contributed by atoms with Crippen molar-refractivity contribution in [3.05, 3.63) is 87.9 Å². The molecule has 1 aromatic heterocycles. The van der Waals surface area contributed by atoms with E-state index in [2.05, 4.69) is 15.5 Å². The first-order chi connectivity index (χ1) is 25.0. The lowest BCUT2D eigenvalue weighted by atomic mass is 9.65. The van der Waals surface area contributed by atoms with Crippen LogP contribution in [0.15, 0.2) is 66.7 Å². The second kappa shape index (κ2) is 13.6. The topological polar surface area (TPSA) is 92.8 Å². The lowest BCUT2D eigenvalue weighted by molar-refractivity contribution is -0.121. The van der Waals surface area contributed by atoms with Crippen LogP contribution in [0, 0.1) is 5.92 Å². The molecule has 12 heteroatoms. The van der Waals surface area contributed by atoms with Crippen molar-refractivity contribution in [3.8, 4) is 45.1 Å². The van der Waals surface area contributed by atoms with Crippen LogP contribution >= 0.6 is 23.2 Å². The minimum absolute atomic E-state index is 0.0804. The van der Waals surface area contributed by atoms with Crippen LogP contribution in [0.5, 0.6) is 11.6 Å². The Kier molecular flexibility index (Phi) is 9.12. The summed E-state index contributed by atoms with van der Waals surface area (Å²) in [4.78, 5) is 30.6. The monoisotopic (exact) mass is 746 g/mol. The summed E-state index contributed by atoms with van der Waals surface area (Å²) in [5.74, 6) is 1.09. The van der Waals surface area contributed by atoms with Crippen molar-refractivity contribution in [2.24, 2.45) is 5.92 Å². The van der Waals surface area contributed by atoms with Crippen molar-refractivity contribution >= 4 is 35.0 Å². The van der Waals surface area contributed by atoms with Crippen molar-refractivity contribution < 1.29 is 27.8 Å². The Morgan fingerprint density at radius 2 is 1.46 bits per heavy atom. The van der Waals surface area contributed by atoms with Gasteiger partial charge in [-0.15, -0.1) is 0 Å². The fraction of sp³-hybridized carbons (Fsp3) is 0.375. The number of likely N-dealkylation sites (tertiary alicyclic amines) is 1. The Morgan fingerprint density at radius 3 is 2.10 bits per heavy atom. The van der Waals surface area contributed by atoms with Gasteiger partial charge in [0.15, 0.2) is 0 Å². The molecule has 8 rings (SSSR count). The molecule has 4 aromatic rings. The Hall–Kier alpha value is -4.25. The van der Waals surface area contributed by atoms with E-state index < -0.39 is 6.61 Å². The van der Waals surface area contributed by atoms with Crippen molar-refractivity contribution in [1.82, 2.24) is 20.5 Å². The molecule has 270 valence electrons. The first kappa shape index (κ1) is 34.8. The first-order valence-electron chi connectivity index (χ1n) is 17.6. The maximum absolute atomic E-state index is 13.6. The Morgan fingerprint density at radius 1 is 0.846 bits per heavy atom. The molecule has 3 aliphatic heterocycles. The van der Waals surface area contributed by atoms with Gasteiger partial charge >= 0.3 is 6.61 Å². The predicted molar refractivity (Wildman–Crippen MR) is 196 cm³/mol. The van der Waals surface area contributed by atoms with E-state index in [1.807, 2.05) is 60.7 Å². The average Bonchev–Trinajstić information content (AvgIpc) is 3.68. The number of rotatable bonds is 10. The lowest BCUT2D eigenvalue weighted by Crippen LogP contribution is -2.66. The molecule has 0 unspecified atom stereocenters. The summed E-state index contributed by atoms with van der Waals surface area (Å²) in [7, 11) is 1.59. The second-order valence-corrected chi connectivity index (χ2v) is 15.4. The van der Waals surface area contributed by atoms with E-state index >= 15 is 0 Å². The summed E-state index contributed by atoms with van der Waals surface area (Å²) >= 11 is 14.2. The normalized spacial score (nSPS) is 22.0. The van der Waals surface area contributed by atoms with Crippen LogP contribution < -0.4 is 20.1 Å². The number of pyridine rings is 1. The molecular weight excluding hydrogens is 709 g/mol. The summed E-state index contributed by atoms with van der Waals surface area (Å²) in [6.07, 6.45) is 5.05. The van der Waals surface area contributed by atoms with Gasteiger partial charge in [-0.1, -0.05) is 77.8 Å². The van der Waals surface area contributed by atoms with E-state index in [1.165, 1.54) is 0 Å². The van der Waals surface area contributed by atoms with Gasteiger partial charge in [0, 0.05) is 65.8 Å². The number of methoxy groups -OCH3 is 1. The Bertz CT molecular complexity index is 2070. The largest absolute Gasteiger partial charge is 0.481 e. The molecule has 4 fully saturated rings. The number of aromatic nitrogens is 1. The summed E-state index contributed by atoms with van der Waals surface area (Å²) in [6.45, 7) is -0.740. The zero-order valence-corrected chi connectivity index (χ0v) is 30.1. The summed E-state index contributed by atoms with van der Waals surface area (Å²) in [5.41, 5.74) is 5.39. The summed E-state index contributed by atoms with van der Waals surface area (Å²) < 4.78 is 38.0. The number of hydrogen-bond acceptors (Lipinski definition) is 6. The number of amides is 2. The van der Waals surface area contributed by atoms with Crippen LogP contribution in [0.2, 0.25) is 10.0 Å². The van der Waals surface area contributed by atoms with Crippen molar-refractivity contribution in [2.45, 2.75) is 69.2 Å². The summed E-state index contributed by atoms with van der Waals surface area (Å²) in [6, 6.07) is 20.5. The van der Waals surface area contributed by atoms with E-state index in [0.29, 0.717) is 80.8 Å². The fourth-order valence-corrected chi connectivity index (χ4v) is 9.33. The van der Waals surface area contributed by atoms with Crippen molar-refractivity contribution in [3.63, 3.8) is 0 Å². The van der Waals surface area contributed by atoms with Crippen LogP contribution in [0.4, 0.5) is 8.78 Å². The summed E-state index contributed by atoms with van der Waals surface area (Å²) in [5, 5.41) is 7.09. The second-order valence-electron chi connectivity index (χ2n) is 14.7. The highest BCUT2D eigenvalue weighted by atomic mass is 35.5. The number of benzene rings is 3. The highest BCUT2D eigenvalue weighted by Crippen LogP contribution is 2.47. The van der Waals surface area contributed by atoms with Gasteiger partial charge in [-0.2, -0.15) is 8.78 Å². The average molecular weight is 748 g/mol. The van der Waals surface area contributed by atoms with Gasteiger partial charge in [0.05, 0.1) is 28.4 Å². The van der Waals surface area contributed by atoms with Crippen LogP contribution in [0.3, 0.4) is 0 Å². The van der Waals surface area contributed by atoms with Gasteiger partial charge in [0.25, 0.3) is 0 Å². The molecule has 52 heavy (non-hydrogen) atoms. The number of carbonyl (C=O) groups excluding carboxylic acids is 2. The quantitative estimate of drug-likeness (QED) is 0.171. The molecule has 8 nitrogen and oxygen atoms in total. The number of alkyl halides is 2. The van der Waals surface area contributed by atoms with Gasteiger partial charge in [0.1, 0.15) is 5.75 Å². The molecule has 0 bridgehead atoms. The van der Waals surface area contributed by atoms with Crippen LogP contribution in [0.1, 0.15) is 49.7 Å². The fourth-order valence-electron chi connectivity index (χ4n) is 8.67. The lowest BCUT2D eigenvalue weighted by Gasteiger charge is -2.48. The van der Waals surface area contributed by atoms with Crippen molar-refractivity contribution in [2.75, 3.05) is 20.2 Å². The zero-order valence-electron chi connectivity index (χ0n) is 28.6. The molecule has 3 saturated heterocycles. The number of nitrogens with zero attached hydrogens (tertiary/aromatic N) is 2. The molecule has 2 N–H and O–H groups in total. The van der Waals surface area contributed by atoms with Crippen LogP contribution in [0.25, 0.3) is 33.5 Å². The molecule has 0 radical (unpaired) electrons. The first-order valence-corrected chi connectivity index (χ1v) is 18.3. The predicted octanol–water partition coefficient (Wildman–Crippen LogP) is 8.07. The maximum Gasteiger partial charge on any atom is 0.387 e. The van der Waals surface area contributed by atoms with Crippen LogP contribution in [-0.2, 0) is 22.6 Å². The van der Waals surface area contributed by atoms with E-state index in [9.17, 15) is 18.4 Å². The molecule has 1 saturated carbocycles. The smallest absolute Gasteiger partial charge is 0.387 e. The van der Waals surface area contributed by atoms with Gasteiger partial charge in [-0.3, -0.25) is 14.5 Å². The van der Waals surface area contributed by atoms with E-state index in [0.717, 1.165) is 44.3 Å². The minimum atomic E-state index is -2.98. The van der Waals surface area contributed by atoms with Crippen molar-refractivity contribution in [1.29, 1.82) is 0 Å². The number of carbonyl (C=O) groups is 2. The van der Waals surface area contributed by atoms with Gasteiger partial charge in [0.2, 0.25) is 17.7 Å². The van der Waals surface area contributed by atoms with E-state index in [-0.39, 0.29) is 34.6 Å². The molecule has 4 aliphatic rings. The highest BCUT2D eigenvalue weighted by molar-refractivity contribution is 6.39. The van der Waals surface area contributed by atoms with E-state index in [1.54, 1.807) is 13.2 Å². The van der Waals surface area contributed by atoms with E-state index in [4.69, 9.17) is 37.7 Å². The molecular formula is C40H38Cl2F2N4O4. The minimum Gasteiger partial charge on any atom is -0.481 e. The van der Waals surface area contributed by atoms with Crippen LogP contribution in [-0.4, -0.2) is 59.6 Å². The molecule has 3 aromatic carbocycles. The number of nitrogens with one attached hydrogen (secondary N) is 2. The number of ether oxygens (including phenoxy) is 2. The Balaban J connectivity index is 1.03.